The summed E-state index contributed by atoms with van der Waals surface area (Å²) in [5.41, 5.74) is 2.41. The van der Waals surface area contributed by atoms with Crippen LogP contribution < -0.4 is 14.2 Å². The summed E-state index contributed by atoms with van der Waals surface area (Å²) in [6.07, 6.45) is -1.23. The average molecular weight is 639 g/mol. The van der Waals surface area contributed by atoms with Gasteiger partial charge in [-0.15, -0.1) is 0 Å². The van der Waals surface area contributed by atoms with Crippen molar-refractivity contribution in [3.05, 3.63) is 102 Å². The second-order valence-electron chi connectivity index (χ2n) is 11.6. The molecule has 10 heteroatoms. The van der Waals surface area contributed by atoms with E-state index in [1.165, 1.54) is 4.90 Å². The molecule has 47 heavy (non-hydrogen) atoms. The second-order valence-corrected chi connectivity index (χ2v) is 11.6. The minimum Gasteiger partial charge on any atom is -0.496 e. The Labute approximate surface area is 273 Å². The van der Waals surface area contributed by atoms with Gasteiger partial charge in [0, 0.05) is 17.7 Å². The number of fused-ring (bicyclic) bond motifs is 1. The number of ether oxygens (including phenoxy) is 6. The Morgan fingerprint density at radius 3 is 2.40 bits per heavy atom. The highest BCUT2D eigenvalue weighted by Gasteiger charge is 2.42. The SMILES string of the molecule is COc1cc(CO[C@H]2CN(C(=O)O)C[C@@H](OC[C@H]3CO3)[C@@H]2c2ccc(OCCCOc3ccccc3C#N)cc2)cc2ccccc12. The van der Waals surface area contributed by atoms with Crippen molar-refractivity contribution in [1.82, 2.24) is 4.90 Å². The largest absolute Gasteiger partial charge is 0.496 e. The van der Waals surface area contributed by atoms with Gasteiger partial charge in [0.2, 0.25) is 0 Å². The van der Waals surface area contributed by atoms with E-state index in [0.717, 1.165) is 27.6 Å². The molecule has 2 heterocycles. The van der Waals surface area contributed by atoms with Gasteiger partial charge in [0.1, 0.15) is 29.4 Å². The molecule has 0 aliphatic carbocycles. The number of nitrogens with zero attached hydrogens (tertiary/aromatic N) is 2. The van der Waals surface area contributed by atoms with Crippen LogP contribution in [-0.2, 0) is 20.8 Å². The minimum absolute atomic E-state index is 0.0356. The number of likely N-dealkylation sites (tertiary alicyclic amines) is 1. The summed E-state index contributed by atoms with van der Waals surface area (Å²) in [5, 5.41) is 21.3. The van der Waals surface area contributed by atoms with E-state index in [4.69, 9.17) is 28.4 Å². The number of amides is 1. The fourth-order valence-electron chi connectivity index (χ4n) is 5.96. The van der Waals surface area contributed by atoms with Gasteiger partial charge in [-0.3, -0.25) is 0 Å². The number of nitriles is 1. The first-order valence-corrected chi connectivity index (χ1v) is 15.8. The molecule has 2 fully saturated rings. The van der Waals surface area contributed by atoms with Gasteiger partial charge in [-0.2, -0.15) is 5.26 Å². The van der Waals surface area contributed by atoms with Crippen LogP contribution in [0.2, 0.25) is 0 Å². The molecule has 0 unspecified atom stereocenters. The van der Waals surface area contributed by atoms with Crippen LogP contribution in [0.3, 0.4) is 0 Å². The Kier molecular flexibility index (Phi) is 10.4. The van der Waals surface area contributed by atoms with Crippen molar-refractivity contribution < 1.29 is 38.3 Å². The first-order valence-electron chi connectivity index (χ1n) is 15.8. The van der Waals surface area contributed by atoms with Crippen molar-refractivity contribution in [2.24, 2.45) is 0 Å². The van der Waals surface area contributed by atoms with Gasteiger partial charge in [0.25, 0.3) is 0 Å². The molecule has 1 amide bonds. The lowest BCUT2D eigenvalue weighted by atomic mass is 9.84. The molecule has 4 aromatic rings. The van der Waals surface area contributed by atoms with Crippen LogP contribution in [0.5, 0.6) is 17.2 Å². The number of hydrogen-bond donors (Lipinski definition) is 1. The van der Waals surface area contributed by atoms with E-state index < -0.39 is 18.3 Å². The summed E-state index contributed by atoms with van der Waals surface area (Å²) in [7, 11) is 1.65. The van der Waals surface area contributed by atoms with Gasteiger partial charge in [-0.25, -0.2) is 4.79 Å². The zero-order valence-electron chi connectivity index (χ0n) is 26.2. The number of benzene rings is 4. The third kappa shape index (κ3) is 8.13. The van der Waals surface area contributed by atoms with E-state index in [1.54, 1.807) is 25.3 Å². The quantitative estimate of drug-likeness (QED) is 0.131. The van der Waals surface area contributed by atoms with Crippen LogP contribution in [0.4, 0.5) is 4.79 Å². The van der Waals surface area contributed by atoms with E-state index >= 15 is 0 Å². The van der Waals surface area contributed by atoms with Gasteiger partial charge in [-0.1, -0.05) is 48.5 Å². The molecule has 0 radical (unpaired) electrons. The maximum Gasteiger partial charge on any atom is 0.407 e. The molecule has 2 saturated heterocycles. The Balaban J connectivity index is 1.15. The number of carbonyl (C=O) groups is 1. The van der Waals surface area contributed by atoms with Crippen molar-refractivity contribution in [3.63, 3.8) is 0 Å². The maximum absolute atomic E-state index is 12.2. The number of piperidine rings is 1. The van der Waals surface area contributed by atoms with Crippen molar-refractivity contribution in [2.45, 2.75) is 37.3 Å². The normalized spacial score (nSPS) is 20.4. The van der Waals surface area contributed by atoms with Crippen LogP contribution in [0.15, 0.2) is 84.9 Å². The second kappa shape index (κ2) is 15.2. The van der Waals surface area contributed by atoms with E-state index in [0.29, 0.717) is 49.9 Å². The van der Waals surface area contributed by atoms with Crippen LogP contribution >= 0.6 is 0 Å². The molecule has 10 nitrogen and oxygen atoms in total. The Bertz CT molecular complexity index is 1700. The monoisotopic (exact) mass is 638 g/mol. The highest BCUT2D eigenvalue weighted by Crippen LogP contribution is 2.36. The van der Waals surface area contributed by atoms with Gasteiger partial charge in [-0.05, 0) is 52.9 Å². The number of para-hydroxylation sites is 1. The minimum atomic E-state index is -1.01. The van der Waals surface area contributed by atoms with Crippen molar-refractivity contribution >= 4 is 16.9 Å². The fourth-order valence-corrected chi connectivity index (χ4v) is 5.96. The molecule has 1 N–H and O–H groups in total. The number of epoxide rings is 1. The highest BCUT2D eigenvalue weighted by atomic mass is 16.6. The molecule has 0 spiro atoms. The van der Waals surface area contributed by atoms with Gasteiger partial charge >= 0.3 is 6.09 Å². The van der Waals surface area contributed by atoms with Gasteiger partial charge < -0.3 is 38.4 Å². The zero-order chi connectivity index (χ0) is 32.6. The molecular formula is C37H38N2O8. The number of rotatable bonds is 14. The molecule has 2 aliphatic rings. The average Bonchev–Trinajstić information content (AvgIpc) is 3.94. The van der Waals surface area contributed by atoms with Crippen LogP contribution in [0.1, 0.15) is 29.0 Å². The molecule has 0 bridgehead atoms. The molecule has 244 valence electrons. The first-order chi connectivity index (χ1) is 23.0. The lowest BCUT2D eigenvalue weighted by molar-refractivity contribution is -0.0911. The topological polar surface area (TPSA) is 123 Å². The molecule has 4 aromatic carbocycles. The maximum atomic E-state index is 12.2. The van der Waals surface area contributed by atoms with E-state index in [-0.39, 0.29) is 31.7 Å². The van der Waals surface area contributed by atoms with Crippen molar-refractivity contribution in [2.75, 3.05) is 46.6 Å². The fraction of sp³-hybridized carbons (Fsp3) is 0.351. The molecule has 0 saturated carbocycles. The molecule has 6 rings (SSSR count). The first kappa shape index (κ1) is 32.1. The lowest BCUT2D eigenvalue weighted by Crippen LogP contribution is -2.54. The lowest BCUT2D eigenvalue weighted by Gasteiger charge is -2.42. The van der Waals surface area contributed by atoms with Gasteiger partial charge in [0.15, 0.2) is 0 Å². The predicted octanol–water partition coefficient (Wildman–Crippen LogP) is 6.01. The number of methoxy groups -OCH3 is 1. The Morgan fingerprint density at radius 1 is 0.936 bits per heavy atom. The third-order valence-electron chi connectivity index (χ3n) is 8.43. The summed E-state index contributed by atoms with van der Waals surface area (Å²) in [5.74, 6) is 1.80. The number of hydrogen-bond acceptors (Lipinski definition) is 8. The summed E-state index contributed by atoms with van der Waals surface area (Å²) in [4.78, 5) is 13.6. The third-order valence-corrected chi connectivity index (χ3v) is 8.43. The molecule has 2 aliphatic heterocycles. The highest BCUT2D eigenvalue weighted by molar-refractivity contribution is 5.89. The van der Waals surface area contributed by atoms with E-state index in [2.05, 4.69) is 12.1 Å². The van der Waals surface area contributed by atoms with E-state index in [9.17, 15) is 15.2 Å². The van der Waals surface area contributed by atoms with Crippen molar-refractivity contribution in [1.29, 1.82) is 5.26 Å². The molecular weight excluding hydrogens is 600 g/mol. The Morgan fingerprint density at radius 2 is 1.66 bits per heavy atom. The zero-order valence-corrected chi connectivity index (χ0v) is 26.2. The summed E-state index contributed by atoms with van der Waals surface area (Å²) in [6.45, 7) is 2.61. The molecule has 4 atom stereocenters. The number of carboxylic acid groups (broad SMARTS) is 1. The predicted molar refractivity (Wildman–Crippen MR) is 174 cm³/mol. The Hall–Kier alpha value is -4.82. The van der Waals surface area contributed by atoms with Gasteiger partial charge in [0.05, 0.1) is 71.0 Å². The van der Waals surface area contributed by atoms with E-state index in [1.807, 2.05) is 60.7 Å². The van der Waals surface area contributed by atoms with Crippen LogP contribution in [0.25, 0.3) is 10.8 Å². The standard InChI is InChI=1S/C37H38N2O8/c1-42-33-18-25(17-27-7-2-4-9-31(27)33)22-46-34-20-39(37(40)41)21-35(47-24-30-23-45-30)36(34)26-11-13-29(14-12-26)43-15-6-16-44-32-10-5-3-8-28(32)19-38/h2-5,7-14,17-18,30,34-36H,6,15-16,20-24H2,1H3,(H,40,41)/t30-,34+,35-,36-/m1/s1. The van der Waals surface area contributed by atoms with Crippen molar-refractivity contribution in [3.8, 4) is 23.3 Å². The van der Waals surface area contributed by atoms with Crippen LogP contribution in [0, 0.1) is 11.3 Å². The van der Waals surface area contributed by atoms with Crippen LogP contribution in [-0.4, -0.2) is 81.0 Å². The summed E-state index contributed by atoms with van der Waals surface area (Å²) < 4.78 is 35.6. The molecule has 0 aromatic heterocycles. The summed E-state index contributed by atoms with van der Waals surface area (Å²) >= 11 is 0. The smallest absolute Gasteiger partial charge is 0.407 e. The summed E-state index contributed by atoms with van der Waals surface area (Å²) in [6, 6.07) is 29.2.